The summed E-state index contributed by atoms with van der Waals surface area (Å²) in [4.78, 5) is 19.8. The normalized spacial score (nSPS) is 11.4. The van der Waals surface area contributed by atoms with Gasteiger partial charge in [-0.1, -0.05) is 5.16 Å². The number of nitrogens with zero attached hydrogens (tertiary/aromatic N) is 4. The van der Waals surface area contributed by atoms with E-state index in [4.69, 9.17) is 9.26 Å². The molecule has 1 N–H and O–H groups in total. The molecule has 0 fully saturated rings. The van der Waals surface area contributed by atoms with Crippen LogP contribution in [0, 0.1) is 6.92 Å². The minimum absolute atomic E-state index is 0.308. The third-order valence-corrected chi connectivity index (χ3v) is 2.49. The second-order valence-corrected chi connectivity index (χ2v) is 5.60. The highest BCUT2D eigenvalue weighted by Gasteiger charge is 2.16. The zero-order valence-corrected chi connectivity index (χ0v) is 12.6. The van der Waals surface area contributed by atoms with E-state index >= 15 is 0 Å². The fourth-order valence-corrected chi connectivity index (χ4v) is 1.66. The van der Waals surface area contributed by atoms with Gasteiger partial charge in [-0.25, -0.2) is 9.78 Å². The second-order valence-electron chi connectivity index (χ2n) is 5.60. The van der Waals surface area contributed by atoms with Crippen LogP contribution in [0.5, 0.6) is 0 Å². The standard InChI is InChI=1S/C13H19N5O3/c1-9-16-11(21-17-9)7-18-8-14-5-10(18)6-15-12(19)20-13(2,3)4/h5,8H,6-7H2,1-4H3,(H,15,19). The van der Waals surface area contributed by atoms with Crippen molar-refractivity contribution in [1.82, 2.24) is 25.0 Å². The first-order valence-corrected chi connectivity index (χ1v) is 6.58. The maximum absolute atomic E-state index is 11.6. The number of carbonyl (C=O) groups excluding carboxylic acids is 1. The van der Waals surface area contributed by atoms with Crippen molar-refractivity contribution in [3.8, 4) is 0 Å². The summed E-state index contributed by atoms with van der Waals surface area (Å²) in [6, 6.07) is 0. The van der Waals surface area contributed by atoms with E-state index in [1.165, 1.54) is 0 Å². The van der Waals surface area contributed by atoms with E-state index in [1.807, 2.05) is 25.3 Å². The highest BCUT2D eigenvalue weighted by Crippen LogP contribution is 2.08. The molecule has 0 bridgehead atoms. The maximum atomic E-state index is 11.6. The topological polar surface area (TPSA) is 95.1 Å². The number of hydrogen-bond donors (Lipinski definition) is 1. The lowest BCUT2D eigenvalue weighted by Crippen LogP contribution is -2.32. The number of amides is 1. The Morgan fingerprint density at radius 1 is 1.48 bits per heavy atom. The molecule has 114 valence electrons. The number of carbonyl (C=O) groups is 1. The number of rotatable bonds is 4. The Bertz CT molecular complexity index is 611. The van der Waals surface area contributed by atoms with Crippen molar-refractivity contribution in [2.75, 3.05) is 0 Å². The summed E-state index contributed by atoms with van der Waals surface area (Å²) in [5, 5.41) is 6.42. The van der Waals surface area contributed by atoms with Crippen LogP contribution < -0.4 is 5.32 Å². The predicted molar refractivity (Wildman–Crippen MR) is 73.4 cm³/mol. The van der Waals surface area contributed by atoms with E-state index in [0.717, 1.165) is 5.69 Å². The molecule has 0 aliphatic rings. The molecule has 2 aromatic heterocycles. The van der Waals surface area contributed by atoms with Gasteiger partial charge in [-0.15, -0.1) is 0 Å². The average Bonchev–Trinajstić information content (AvgIpc) is 2.94. The van der Waals surface area contributed by atoms with Crippen LogP contribution in [0.15, 0.2) is 17.0 Å². The Morgan fingerprint density at radius 3 is 2.86 bits per heavy atom. The predicted octanol–water partition coefficient (Wildman–Crippen LogP) is 1.65. The van der Waals surface area contributed by atoms with E-state index in [1.54, 1.807) is 19.4 Å². The summed E-state index contributed by atoms with van der Waals surface area (Å²) in [7, 11) is 0. The summed E-state index contributed by atoms with van der Waals surface area (Å²) in [5.74, 6) is 1.07. The molecule has 0 atom stereocenters. The van der Waals surface area contributed by atoms with Gasteiger partial charge in [-0.05, 0) is 27.7 Å². The van der Waals surface area contributed by atoms with Crippen molar-refractivity contribution in [2.45, 2.75) is 46.4 Å². The van der Waals surface area contributed by atoms with Crippen LogP contribution in [0.4, 0.5) is 4.79 Å². The Labute approximate surface area is 122 Å². The SMILES string of the molecule is Cc1noc(Cn2cncc2CNC(=O)OC(C)(C)C)n1. The number of nitrogens with one attached hydrogen (secondary N) is 1. The molecule has 0 spiro atoms. The number of aromatic nitrogens is 4. The number of aryl methyl sites for hydroxylation is 1. The lowest BCUT2D eigenvalue weighted by Gasteiger charge is -2.19. The van der Waals surface area contributed by atoms with Crippen molar-refractivity contribution in [2.24, 2.45) is 0 Å². The van der Waals surface area contributed by atoms with Crippen LogP contribution in [0.1, 0.15) is 38.2 Å². The molecule has 2 aromatic rings. The fourth-order valence-electron chi connectivity index (χ4n) is 1.66. The monoisotopic (exact) mass is 293 g/mol. The number of imidazole rings is 1. The van der Waals surface area contributed by atoms with E-state index in [2.05, 4.69) is 20.4 Å². The molecule has 8 heteroatoms. The largest absolute Gasteiger partial charge is 0.444 e. The van der Waals surface area contributed by atoms with Gasteiger partial charge >= 0.3 is 6.09 Å². The average molecular weight is 293 g/mol. The van der Waals surface area contributed by atoms with Crippen LogP contribution in [0.3, 0.4) is 0 Å². The molecule has 2 heterocycles. The minimum Gasteiger partial charge on any atom is -0.444 e. The highest BCUT2D eigenvalue weighted by molar-refractivity contribution is 5.67. The van der Waals surface area contributed by atoms with Gasteiger partial charge < -0.3 is 19.1 Å². The van der Waals surface area contributed by atoms with Gasteiger partial charge in [0.2, 0.25) is 5.89 Å². The molecule has 1 amide bonds. The van der Waals surface area contributed by atoms with E-state index in [0.29, 0.717) is 24.8 Å². The van der Waals surface area contributed by atoms with Crippen molar-refractivity contribution in [3.05, 3.63) is 29.9 Å². The molecule has 2 rings (SSSR count). The molecule has 0 saturated heterocycles. The first kappa shape index (κ1) is 15.0. The van der Waals surface area contributed by atoms with E-state index in [-0.39, 0.29) is 0 Å². The molecule has 0 aromatic carbocycles. The summed E-state index contributed by atoms with van der Waals surface area (Å²) in [6.07, 6.45) is 2.84. The van der Waals surface area contributed by atoms with Crippen LogP contribution >= 0.6 is 0 Å². The lowest BCUT2D eigenvalue weighted by atomic mass is 10.2. The Kier molecular flexibility index (Phi) is 4.25. The number of alkyl carbamates (subject to hydrolysis) is 1. The first-order valence-electron chi connectivity index (χ1n) is 6.58. The molecule has 0 aliphatic carbocycles. The van der Waals surface area contributed by atoms with Gasteiger partial charge in [0.15, 0.2) is 5.82 Å². The first-order chi connectivity index (χ1) is 9.83. The van der Waals surface area contributed by atoms with Crippen molar-refractivity contribution in [3.63, 3.8) is 0 Å². The van der Waals surface area contributed by atoms with Gasteiger partial charge in [0.1, 0.15) is 12.1 Å². The van der Waals surface area contributed by atoms with Crippen LogP contribution in [-0.2, 0) is 17.8 Å². The maximum Gasteiger partial charge on any atom is 0.407 e. The minimum atomic E-state index is -0.522. The van der Waals surface area contributed by atoms with E-state index in [9.17, 15) is 4.79 Å². The molecule has 8 nitrogen and oxygen atoms in total. The van der Waals surface area contributed by atoms with Crippen LogP contribution in [-0.4, -0.2) is 31.4 Å². The molecule has 0 unspecified atom stereocenters. The van der Waals surface area contributed by atoms with Gasteiger partial charge in [-0.2, -0.15) is 4.98 Å². The Hall–Kier alpha value is -2.38. The number of ether oxygens (including phenoxy) is 1. The number of hydrogen-bond acceptors (Lipinski definition) is 6. The molecular weight excluding hydrogens is 274 g/mol. The zero-order valence-electron chi connectivity index (χ0n) is 12.6. The molecule has 0 saturated carbocycles. The quantitative estimate of drug-likeness (QED) is 0.921. The molecule has 0 aliphatic heterocycles. The summed E-state index contributed by atoms with van der Waals surface area (Å²) in [5.41, 5.74) is 0.294. The van der Waals surface area contributed by atoms with Gasteiger partial charge in [-0.3, -0.25) is 0 Å². The van der Waals surface area contributed by atoms with Gasteiger partial charge in [0.05, 0.1) is 18.6 Å². The van der Waals surface area contributed by atoms with Crippen LogP contribution in [0.2, 0.25) is 0 Å². The third kappa shape index (κ3) is 4.59. The van der Waals surface area contributed by atoms with Gasteiger partial charge in [0, 0.05) is 6.20 Å². The van der Waals surface area contributed by atoms with E-state index < -0.39 is 11.7 Å². The van der Waals surface area contributed by atoms with Gasteiger partial charge in [0.25, 0.3) is 0 Å². The summed E-state index contributed by atoms with van der Waals surface area (Å²) >= 11 is 0. The Morgan fingerprint density at radius 2 is 2.24 bits per heavy atom. The molecule has 21 heavy (non-hydrogen) atoms. The molecule has 0 radical (unpaired) electrons. The van der Waals surface area contributed by atoms with Crippen molar-refractivity contribution < 1.29 is 14.1 Å². The lowest BCUT2D eigenvalue weighted by molar-refractivity contribution is 0.0522. The van der Waals surface area contributed by atoms with Crippen LogP contribution in [0.25, 0.3) is 0 Å². The zero-order chi connectivity index (χ0) is 15.5. The molecular formula is C13H19N5O3. The smallest absolute Gasteiger partial charge is 0.407 e. The van der Waals surface area contributed by atoms with Crippen molar-refractivity contribution in [1.29, 1.82) is 0 Å². The third-order valence-electron chi connectivity index (χ3n) is 2.49. The summed E-state index contributed by atoms with van der Waals surface area (Å²) < 4.78 is 12.1. The Balaban J connectivity index is 1.93. The second kappa shape index (κ2) is 5.94. The highest BCUT2D eigenvalue weighted by atomic mass is 16.6. The van der Waals surface area contributed by atoms with Crippen molar-refractivity contribution >= 4 is 6.09 Å². The fraction of sp³-hybridized carbons (Fsp3) is 0.538. The summed E-state index contributed by atoms with van der Waals surface area (Å²) in [6.45, 7) is 7.91.